The van der Waals surface area contributed by atoms with Crippen molar-refractivity contribution < 1.29 is 14.3 Å². The molecule has 84 valence electrons. The van der Waals surface area contributed by atoms with Crippen LogP contribution in [0.15, 0.2) is 0 Å². The second kappa shape index (κ2) is 7.80. The molecule has 0 radical (unpaired) electrons. The minimum atomic E-state index is -0.157. The van der Waals surface area contributed by atoms with Crippen molar-refractivity contribution in [3.05, 3.63) is 0 Å². The molecule has 3 heteroatoms. The number of carbonyl (C=O) groups is 1. The third-order valence-electron chi connectivity index (χ3n) is 1.83. The minimum Gasteiger partial charge on any atom is -0.463 e. The van der Waals surface area contributed by atoms with E-state index < -0.39 is 0 Å². The van der Waals surface area contributed by atoms with Gasteiger partial charge in [0.05, 0.1) is 12.0 Å². The first-order chi connectivity index (χ1) is 6.57. The predicted molar refractivity (Wildman–Crippen MR) is 56.1 cm³/mol. The van der Waals surface area contributed by atoms with E-state index in [0.717, 1.165) is 19.4 Å². The minimum absolute atomic E-state index is 0.00394. The van der Waals surface area contributed by atoms with Crippen LogP contribution >= 0.6 is 0 Å². The highest BCUT2D eigenvalue weighted by molar-refractivity contribution is 5.71. The Balaban J connectivity index is 3.43. The highest BCUT2D eigenvalue weighted by atomic mass is 16.6. The van der Waals surface area contributed by atoms with Gasteiger partial charge < -0.3 is 9.47 Å². The predicted octanol–water partition coefficient (Wildman–Crippen LogP) is 2.39. The zero-order valence-electron chi connectivity index (χ0n) is 9.71. The first-order valence-corrected chi connectivity index (χ1v) is 5.36. The highest BCUT2D eigenvalue weighted by Gasteiger charge is 2.10. The maximum absolute atomic E-state index is 11.1. The summed E-state index contributed by atoms with van der Waals surface area (Å²) in [5.74, 6) is -0.214. The molecule has 0 amide bonds. The second-order valence-electron chi connectivity index (χ2n) is 3.82. The quantitative estimate of drug-likeness (QED) is 0.469. The van der Waals surface area contributed by atoms with Gasteiger partial charge in [-0.2, -0.15) is 0 Å². The number of rotatable bonds is 7. The summed E-state index contributed by atoms with van der Waals surface area (Å²) in [6, 6.07) is 0. The van der Waals surface area contributed by atoms with Crippen LogP contribution in [-0.4, -0.2) is 25.3 Å². The summed E-state index contributed by atoms with van der Waals surface area (Å²) in [6.07, 6.45) is 2.19. The summed E-state index contributed by atoms with van der Waals surface area (Å²) in [7, 11) is 0. The molecule has 0 spiro atoms. The van der Waals surface area contributed by atoms with Crippen LogP contribution < -0.4 is 0 Å². The molecule has 0 fully saturated rings. The van der Waals surface area contributed by atoms with Gasteiger partial charge in [0, 0.05) is 6.61 Å². The summed E-state index contributed by atoms with van der Waals surface area (Å²) >= 11 is 0. The number of carbonyl (C=O) groups excluding carboxylic acids is 1. The molecule has 0 aliphatic rings. The van der Waals surface area contributed by atoms with Crippen molar-refractivity contribution in [1.29, 1.82) is 0 Å². The summed E-state index contributed by atoms with van der Waals surface area (Å²) in [5, 5.41) is 0. The summed E-state index contributed by atoms with van der Waals surface area (Å²) < 4.78 is 10.5. The molecule has 0 aromatic rings. The third kappa shape index (κ3) is 6.89. The Bertz CT molecular complexity index is 155. The number of ether oxygens (including phenoxy) is 2. The maximum Gasteiger partial charge on any atom is 0.308 e. The van der Waals surface area contributed by atoms with Gasteiger partial charge in [0.1, 0.15) is 6.61 Å². The van der Waals surface area contributed by atoms with E-state index in [1.165, 1.54) is 0 Å². The van der Waals surface area contributed by atoms with E-state index in [-0.39, 0.29) is 18.0 Å². The fraction of sp³-hybridized carbons (Fsp3) is 0.909. The maximum atomic E-state index is 11.1. The normalized spacial score (nSPS) is 12.9. The first kappa shape index (κ1) is 13.4. The molecule has 0 rings (SSSR count). The van der Waals surface area contributed by atoms with Crippen LogP contribution in [0.25, 0.3) is 0 Å². The monoisotopic (exact) mass is 202 g/mol. The van der Waals surface area contributed by atoms with Gasteiger partial charge in [-0.15, -0.1) is 0 Å². The van der Waals surface area contributed by atoms with Crippen molar-refractivity contribution in [3.63, 3.8) is 0 Å². The van der Waals surface area contributed by atoms with E-state index in [2.05, 4.69) is 6.92 Å². The van der Waals surface area contributed by atoms with E-state index in [9.17, 15) is 4.79 Å². The fourth-order valence-electron chi connectivity index (χ4n) is 0.843. The van der Waals surface area contributed by atoms with Crippen molar-refractivity contribution in [1.82, 2.24) is 0 Å². The lowest BCUT2D eigenvalue weighted by atomic mass is 10.2. The number of unbranched alkanes of at least 4 members (excludes halogenated alkanes) is 1. The van der Waals surface area contributed by atoms with Crippen molar-refractivity contribution in [2.45, 2.75) is 46.6 Å². The Kier molecular flexibility index (Phi) is 7.48. The van der Waals surface area contributed by atoms with Gasteiger partial charge in [-0.05, 0) is 13.3 Å². The number of esters is 1. The Morgan fingerprint density at radius 3 is 2.43 bits per heavy atom. The standard InChI is InChI=1S/C11H22O3/c1-5-6-7-13-10(4)8-14-11(12)9(2)3/h9-10H,5-8H2,1-4H3/t10-/m0/s1. The molecule has 3 nitrogen and oxygen atoms in total. The molecular weight excluding hydrogens is 180 g/mol. The molecule has 0 heterocycles. The van der Waals surface area contributed by atoms with E-state index in [0.29, 0.717) is 6.61 Å². The average Bonchev–Trinajstić information content (AvgIpc) is 2.14. The van der Waals surface area contributed by atoms with Crippen LogP contribution in [0.5, 0.6) is 0 Å². The molecule has 0 bridgehead atoms. The average molecular weight is 202 g/mol. The van der Waals surface area contributed by atoms with Crippen molar-refractivity contribution in [2.75, 3.05) is 13.2 Å². The van der Waals surface area contributed by atoms with Crippen LogP contribution in [0.2, 0.25) is 0 Å². The second-order valence-corrected chi connectivity index (χ2v) is 3.82. The highest BCUT2D eigenvalue weighted by Crippen LogP contribution is 2.00. The van der Waals surface area contributed by atoms with Crippen LogP contribution in [0.1, 0.15) is 40.5 Å². The zero-order valence-corrected chi connectivity index (χ0v) is 9.71. The van der Waals surface area contributed by atoms with E-state index in [1.807, 2.05) is 20.8 Å². The Labute approximate surface area is 86.8 Å². The molecule has 0 aromatic carbocycles. The fourth-order valence-corrected chi connectivity index (χ4v) is 0.843. The zero-order chi connectivity index (χ0) is 11.0. The van der Waals surface area contributed by atoms with Crippen LogP contribution in [0, 0.1) is 5.92 Å². The lowest BCUT2D eigenvalue weighted by Gasteiger charge is -2.14. The van der Waals surface area contributed by atoms with Gasteiger partial charge in [0.25, 0.3) is 0 Å². The summed E-state index contributed by atoms with van der Waals surface area (Å²) in [6.45, 7) is 8.80. The van der Waals surface area contributed by atoms with Crippen LogP contribution in [0.4, 0.5) is 0 Å². The van der Waals surface area contributed by atoms with E-state index in [1.54, 1.807) is 0 Å². The van der Waals surface area contributed by atoms with Crippen LogP contribution in [0.3, 0.4) is 0 Å². The molecule has 0 aliphatic heterocycles. The van der Waals surface area contributed by atoms with Crippen molar-refractivity contribution >= 4 is 5.97 Å². The molecule has 0 saturated heterocycles. The molecule has 0 aromatic heterocycles. The Hall–Kier alpha value is -0.570. The van der Waals surface area contributed by atoms with Crippen molar-refractivity contribution in [3.8, 4) is 0 Å². The number of hydrogen-bond acceptors (Lipinski definition) is 3. The van der Waals surface area contributed by atoms with Crippen LogP contribution in [-0.2, 0) is 14.3 Å². The largest absolute Gasteiger partial charge is 0.463 e. The lowest BCUT2D eigenvalue weighted by molar-refractivity contribution is -0.151. The molecule has 0 aliphatic carbocycles. The SMILES string of the molecule is CCCCO[C@@H](C)COC(=O)C(C)C. The smallest absolute Gasteiger partial charge is 0.308 e. The Morgan fingerprint density at radius 2 is 1.93 bits per heavy atom. The van der Waals surface area contributed by atoms with Gasteiger partial charge in [0.2, 0.25) is 0 Å². The third-order valence-corrected chi connectivity index (χ3v) is 1.83. The summed E-state index contributed by atoms with van der Waals surface area (Å²) in [5.41, 5.74) is 0. The van der Waals surface area contributed by atoms with Gasteiger partial charge in [-0.25, -0.2) is 0 Å². The molecule has 14 heavy (non-hydrogen) atoms. The molecule has 0 saturated carbocycles. The van der Waals surface area contributed by atoms with Gasteiger partial charge in [0.15, 0.2) is 0 Å². The van der Waals surface area contributed by atoms with E-state index in [4.69, 9.17) is 9.47 Å². The van der Waals surface area contributed by atoms with Gasteiger partial charge >= 0.3 is 5.97 Å². The Morgan fingerprint density at radius 1 is 1.29 bits per heavy atom. The molecular formula is C11H22O3. The summed E-state index contributed by atoms with van der Waals surface area (Å²) in [4.78, 5) is 11.1. The molecule has 1 atom stereocenters. The first-order valence-electron chi connectivity index (χ1n) is 5.36. The topological polar surface area (TPSA) is 35.5 Å². The lowest BCUT2D eigenvalue weighted by Crippen LogP contribution is -2.21. The van der Waals surface area contributed by atoms with Gasteiger partial charge in [-0.3, -0.25) is 4.79 Å². The van der Waals surface area contributed by atoms with Crippen molar-refractivity contribution in [2.24, 2.45) is 5.92 Å². The molecule has 0 unspecified atom stereocenters. The van der Waals surface area contributed by atoms with E-state index >= 15 is 0 Å². The molecule has 0 N–H and O–H groups in total. The van der Waals surface area contributed by atoms with Gasteiger partial charge in [-0.1, -0.05) is 27.2 Å². The number of hydrogen-bond donors (Lipinski definition) is 0.